The third-order valence-electron chi connectivity index (χ3n) is 2.52. The van der Waals surface area contributed by atoms with Crippen LogP contribution in [-0.4, -0.2) is 30.9 Å². The molecule has 1 rings (SSSR count). The van der Waals surface area contributed by atoms with Gasteiger partial charge in [-0.25, -0.2) is 0 Å². The Kier molecular flexibility index (Phi) is 6.22. The largest absolute Gasteiger partial charge is 0.341 e. The molecule has 4 heteroatoms. The van der Waals surface area contributed by atoms with Crippen LogP contribution in [0.2, 0.25) is 0 Å². The number of carbonyl (C=O) groups excluding carboxylic acids is 1. The van der Waals surface area contributed by atoms with Crippen LogP contribution in [0.1, 0.15) is 18.9 Å². The van der Waals surface area contributed by atoms with Gasteiger partial charge in [0, 0.05) is 31.0 Å². The van der Waals surface area contributed by atoms with Gasteiger partial charge in [0.15, 0.2) is 0 Å². The Morgan fingerprint density at radius 1 is 1.35 bits per heavy atom. The fourth-order valence-electron chi connectivity index (χ4n) is 1.51. The number of amides is 1. The summed E-state index contributed by atoms with van der Waals surface area (Å²) in [4.78, 5) is 13.5. The molecule has 0 aliphatic carbocycles. The highest BCUT2D eigenvalue weighted by molar-refractivity contribution is 9.10. The molecule has 1 aromatic rings. The van der Waals surface area contributed by atoms with E-state index in [1.54, 1.807) is 4.90 Å². The van der Waals surface area contributed by atoms with Crippen LogP contribution in [0, 0.1) is 0 Å². The van der Waals surface area contributed by atoms with Gasteiger partial charge in [-0.05, 0) is 24.2 Å². The zero-order chi connectivity index (χ0) is 12.7. The van der Waals surface area contributed by atoms with Crippen LogP contribution in [-0.2, 0) is 11.3 Å². The number of rotatable bonds is 6. The second-order valence-electron chi connectivity index (χ2n) is 3.98. The van der Waals surface area contributed by atoms with Crippen LogP contribution in [0.3, 0.4) is 0 Å². The SMILES string of the molecule is CCNCCC(=O)N(C)Cc1ccc(Br)cc1. The van der Waals surface area contributed by atoms with Gasteiger partial charge in [0.2, 0.25) is 5.91 Å². The number of carbonyl (C=O) groups is 1. The fraction of sp³-hybridized carbons (Fsp3) is 0.462. The summed E-state index contributed by atoms with van der Waals surface area (Å²) in [7, 11) is 1.84. The molecule has 1 amide bonds. The van der Waals surface area contributed by atoms with Crippen molar-refractivity contribution in [2.24, 2.45) is 0 Å². The lowest BCUT2D eigenvalue weighted by atomic mass is 10.2. The van der Waals surface area contributed by atoms with E-state index >= 15 is 0 Å². The number of halogens is 1. The maximum atomic E-state index is 11.8. The predicted octanol–water partition coefficient (Wildman–Crippen LogP) is 2.41. The molecule has 0 heterocycles. The van der Waals surface area contributed by atoms with Gasteiger partial charge in [-0.1, -0.05) is 35.0 Å². The van der Waals surface area contributed by atoms with Gasteiger partial charge in [-0.15, -0.1) is 0 Å². The van der Waals surface area contributed by atoms with Gasteiger partial charge in [-0.3, -0.25) is 4.79 Å². The Balaban J connectivity index is 2.40. The molecular weight excluding hydrogens is 280 g/mol. The maximum absolute atomic E-state index is 11.8. The predicted molar refractivity (Wildman–Crippen MR) is 73.8 cm³/mol. The average Bonchev–Trinajstić information content (AvgIpc) is 2.32. The monoisotopic (exact) mass is 298 g/mol. The van der Waals surface area contributed by atoms with E-state index in [1.807, 2.05) is 38.2 Å². The highest BCUT2D eigenvalue weighted by atomic mass is 79.9. The van der Waals surface area contributed by atoms with Crippen molar-refractivity contribution in [2.75, 3.05) is 20.1 Å². The molecule has 0 aliphatic heterocycles. The molecule has 17 heavy (non-hydrogen) atoms. The highest BCUT2D eigenvalue weighted by Gasteiger charge is 2.08. The van der Waals surface area contributed by atoms with E-state index < -0.39 is 0 Å². The van der Waals surface area contributed by atoms with E-state index in [-0.39, 0.29) is 5.91 Å². The summed E-state index contributed by atoms with van der Waals surface area (Å²) < 4.78 is 1.06. The summed E-state index contributed by atoms with van der Waals surface area (Å²) in [6, 6.07) is 8.04. The molecular formula is C13H19BrN2O. The fourth-order valence-corrected chi connectivity index (χ4v) is 1.78. The highest BCUT2D eigenvalue weighted by Crippen LogP contribution is 2.11. The van der Waals surface area contributed by atoms with Crippen molar-refractivity contribution in [3.63, 3.8) is 0 Å². The summed E-state index contributed by atoms with van der Waals surface area (Å²) in [5.41, 5.74) is 1.15. The van der Waals surface area contributed by atoms with Crippen molar-refractivity contribution in [2.45, 2.75) is 19.9 Å². The second-order valence-corrected chi connectivity index (χ2v) is 4.90. The van der Waals surface area contributed by atoms with Gasteiger partial charge < -0.3 is 10.2 Å². The van der Waals surface area contributed by atoms with Crippen LogP contribution in [0.4, 0.5) is 0 Å². The van der Waals surface area contributed by atoms with E-state index in [4.69, 9.17) is 0 Å². The molecule has 1 N–H and O–H groups in total. The molecule has 0 atom stereocenters. The Bertz CT molecular complexity index is 351. The summed E-state index contributed by atoms with van der Waals surface area (Å²) in [5, 5.41) is 3.15. The molecule has 0 radical (unpaired) electrons. The lowest BCUT2D eigenvalue weighted by molar-refractivity contribution is -0.130. The maximum Gasteiger partial charge on any atom is 0.223 e. The Morgan fingerprint density at radius 2 is 2.00 bits per heavy atom. The number of hydrogen-bond donors (Lipinski definition) is 1. The molecule has 0 aliphatic rings. The lowest BCUT2D eigenvalue weighted by Crippen LogP contribution is -2.29. The summed E-state index contributed by atoms with van der Waals surface area (Å²) in [5.74, 6) is 0.175. The van der Waals surface area contributed by atoms with Crippen LogP contribution < -0.4 is 5.32 Å². The van der Waals surface area contributed by atoms with E-state index in [1.165, 1.54) is 0 Å². The molecule has 3 nitrogen and oxygen atoms in total. The summed E-state index contributed by atoms with van der Waals surface area (Å²) >= 11 is 3.39. The Hall–Kier alpha value is -0.870. The zero-order valence-corrected chi connectivity index (χ0v) is 12.0. The molecule has 0 saturated carbocycles. The number of benzene rings is 1. The van der Waals surface area contributed by atoms with Crippen LogP contribution >= 0.6 is 15.9 Å². The smallest absolute Gasteiger partial charge is 0.223 e. The molecule has 0 spiro atoms. The van der Waals surface area contributed by atoms with Crippen molar-refractivity contribution in [3.8, 4) is 0 Å². The van der Waals surface area contributed by atoms with Gasteiger partial charge >= 0.3 is 0 Å². The number of nitrogens with one attached hydrogen (secondary N) is 1. The van der Waals surface area contributed by atoms with Crippen molar-refractivity contribution >= 4 is 21.8 Å². The number of hydrogen-bond acceptors (Lipinski definition) is 2. The summed E-state index contributed by atoms with van der Waals surface area (Å²) in [6.45, 7) is 4.36. The molecule has 0 unspecified atom stereocenters. The van der Waals surface area contributed by atoms with Gasteiger partial charge in [0.1, 0.15) is 0 Å². The first kappa shape index (κ1) is 14.2. The molecule has 0 aromatic heterocycles. The van der Waals surface area contributed by atoms with Crippen molar-refractivity contribution in [3.05, 3.63) is 34.3 Å². The zero-order valence-electron chi connectivity index (χ0n) is 10.4. The minimum Gasteiger partial charge on any atom is -0.341 e. The van der Waals surface area contributed by atoms with Crippen molar-refractivity contribution in [1.29, 1.82) is 0 Å². The molecule has 0 bridgehead atoms. The topological polar surface area (TPSA) is 32.3 Å². The standard InChI is InChI=1S/C13H19BrN2O/c1-3-15-9-8-13(17)16(2)10-11-4-6-12(14)7-5-11/h4-7,15H,3,8-10H2,1-2H3. The van der Waals surface area contributed by atoms with Crippen LogP contribution in [0.5, 0.6) is 0 Å². The van der Waals surface area contributed by atoms with E-state index in [2.05, 4.69) is 21.2 Å². The van der Waals surface area contributed by atoms with E-state index in [0.29, 0.717) is 13.0 Å². The summed E-state index contributed by atoms with van der Waals surface area (Å²) in [6.07, 6.45) is 0.556. The minimum absolute atomic E-state index is 0.175. The normalized spacial score (nSPS) is 10.3. The Labute approximate surface area is 111 Å². The first-order valence-corrected chi connectivity index (χ1v) is 6.62. The van der Waals surface area contributed by atoms with Gasteiger partial charge in [0.25, 0.3) is 0 Å². The molecule has 0 saturated heterocycles. The molecule has 0 fully saturated rings. The van der Waals surface area contributed by atoms with Crippen molar-refractivity contribution in [1.82, 2.24) is 10.2 Å². The first-order chi connectivity index (χ1) is 8.13. The lowest BCUT2D eigenvalue weighted by Gasteiger charge is -2.17. The van der Waals surface area contributed by atoms with E-state index in [0.717, 1.165) is 23.1 Å². The van der Waals surface area contributed by atoms with E-state index in [9.17, 15) is 4.79 Å². The molecule has 1 aromatic carbocycles. The van der Waals surface area contributed by atoms with Crippen LogP contribution in [0.25, 0.3) is 0 Å². The Morgan fingerprint density at radius 3 is 2.59 bits per heavy atom. The molecule has 94 valence electrons. The van der Waals surface area contributed by atoms with Crippen molar-refractivity contribution < 1.29 is 4.79 Å². The quantitative estimate of drug-likeness (QED) is 0.818. The average molecular weight is 299 g/mol. The third kappa shape index (κ3) is 5.33. The second kappa shape index (κ2) is 7.45. The van der Waals surface area contributed by atoms with Gasteiger partial charge in [-0.2, -0.15) is 0 Å². The number of nitrogens with zero attached hydrogens (tertiary/aromatic N) is 1. The first-order valence-electron chi connectivity index (χ1n) is 5.82. The van der Waals surface area contributed by atoms with Gasteiger partial charge in [0.05, 0.1) is 0 Å². The minimum atomic E-state index is 0.175. The van der Waals surface area contributed by atoms with Crippen LogP contribution in [0.15, 0.2) is 28.7 Å². The third-order valence-corrected chi connectivity index (χ3v) is 3.05.